The van der Waals surface area contributed by atoms with Crippen LogP contribution in [-0.4, -0.2) is 60.5 Å². The largest absolute Gasteiger partial charge is 0.469 e. The number of pyridine rings is 1. The number of amides is 1. The first-order chi connectivity index (χ1) is 8.91. The number of halogens is 1. The van der Waals surface area contributed by atoms with Gasteiger partial charge in [-0.25, -0.2) is 4.98 Å². The third-order valence-electron chi connectivity index (χ3n) is 3.35. The Hall–Kier alpha value is -1.33. The molecule has 0 aromatic carbocycles. The van der Waals surface area contributed by atoms with E-state index >= 15 is 0 Å². The lowest BCUT2D eigenvalue weighted by atomic mass is 10.0. The van der Waals surface area contributed by atoms with Crippen molar-refractivity contribution in [3.05, 3.63) is 23.9 Å². The Morgan fingerprint density at radius 2 is 2.20 bits per heavy atom. The van der Waals surface area contributed by atoms with Gasteiger partial charge >= 0.3 is 0 Å². The lowest BCUT2D eigenvalue weighted by Gasteiger charge is -2.32. The second kappa shape index (κ2) is 6.41. The average molecular weight is 300 g/mol. The molecule has 1 aliphatic heterocycles. The van der Waals surface area contributed by atoms with E-state index in [0.29, 0.717) is 18.0 Å². The highest BCUT2D eigenvalue weighted by Crippen LogP contribution is 2.28. The third kappa shape index (κ3) is 3.61. The van der Waals surface area contributed by atoms with Gasteiger partial charge in [0.2, 0.25) is 5.88 Å². The quantitative estimate of drug-likeness (QED) is 0.852. The summed E-state index contributed by atoms with van der Waals surface area (Å²) in [4.78, 5) is 20.3. The lowest BCUT2D eigenvalue weighted by molar-refractivity contribution is 0.0399. The molecule has 0 saturated heterocycles. The number of hydrogen-bond donors (Lipinski definition) is 0. The monoisotopic (exact) mass is 299 g/mol. The number of likely N-dealkylation sites (N-methyl/N-ethyl adjacent to an activating group) is 1. The van der Waals surface area contributed by atoms with Gasteiger partial charge in [0.05, 0.1) is 6.54 Å². The van der Waals surface area contributed by atoms with Gasteiger partial charge in [-0.05, 0) is 33.2 Å². The summed E-state index contributed by atoms with van der Waals surface area (Å²) < 4.78 is 6.04. The molecule has 1 atom stereocenters. The summed E-state index contributed by atoms with van der Waals surface area (Å²) in [6.07, 6.45) is 2.50. The smallest absolute Gasteiger partial charge is 0.259 e. The van der Waals surface area contributed by atoms with Gasteiger partial charge in [0.1, 0.15) is 11.2 Å². The first kappa shape index (κ1) is 16.7. The van der Waals surface area contributed by atoms with Crippen LogP contribution < -0.4 is 4.74 Å². The first-order valence-electron chi connectivity index (χ1n) is 6.45. The minimum Gasteiger partial charge on any atom is -0.469 e. The molecule has 0 bridgehead atoms. The van der Waals surface area contributed by atoms with Crippen molar-refractivity contribution in [2.45, 2.75) is 18.9 Å². The van der Waals surface area contributed by atoms with Crippen molar-refractivity contribution >= 4 is 18.3 Å². The van der Waals surface area contributed by atoms with E-state index in [0.717, 1.165) is 13.0 Å². The molecule has 0 spiro atoms. The molecule has 1 aromatic heterocycles. The maximum atomic E-state index is 12.3. The summed E-state index contributed by atoms with van der Waals surface area (Å²) in [7, 11) is 5.87. The SMILES string of the molecule is CN(C)CCC1(C)CN(C)C(=O)c2cccnc2O1.Cl. The van der Waals surface area contributed by atoms with Crippen molar-refractivity contribution in [3.8, 4) is 5.88 Å². The standard InChI is InChI=1S/C14H21N3O2.ClH/c1-14(7-9-16(2)3)10-17(4)13(18)11-6-5-8-15-12(11)19-14;/h5-6,8H,7,9-10H2,1-4H3;1H. The van der Waals surface area contributed by atoms with Crippen LogP contribution in [0, 0.1) is 0 Å². The number of hydrogen-bond acceptors (Lipinski definition) is 4. The minimum absolute atomic E-state index is 0. The summed E-state index contributed by atoms with van der Waals surface area (Å²) >= 11 is 0. The Morgan fingerprint density at radius 1 is 1.50 bits per heavy atom. The molecule has 1 unspecified atom stereocenters. The Kier molecular flexibility index (Phi) is 5.36. The van der Waals surface area contributed by atoms with E-state index in [4.69, 9.17) is 4.74 Å². The van der Waals surface area contributed by atoms with Gasteiger partial charge in [-0.1, -0.05) is 0 Å². The summed E-state index contributed by atoms with van der Waals surface area (Å²) in [5.74, 6) is 0.412. The number of rotatable bonds is 3. The van der Waals surface area contributed by atoms with E-state index < -0.39 is 5.60 Å². The Labute approximate surface area is 126 Å². The highest BCUT2D eigenvalue weighted by atomic mass is 35.5. The molecule has 20 heavy (non-hydrogen) atoms. The Bertz CT molecular complexity index is 481. The molecular formula is C14H22ClN3O2. The van der Waals surface area contributed by atoms with Crippen LogP contribution >= 0.6 is 12.4 Å². The van der Waals surface area contributed by atoms with Crippen molar-refractivity contribution < 1.29 is 9.53 Å². The van der Waals surface area contributed by atoms with E-state index in [2.05, 4.69) is 9.88 Å². The molecular weight excluding hydrogens is 278 g/mol. The highest BCUT2D eigenvalue weighted by molar-refractivity contribution is 5.96. The minimum atomic E-state index is -0.408. The van der Waals surface area contributed by atoms with Crippen LogP contribution in [0.2, 0.25) is 0 Å². The van der Waals surface area contributed by atoms with E-state index in [-0.39, 0.29) is 18.3 Å². The molecule has 1 aromatic rings. The zero-order valence-electron chi connectivity index (χ0n) is 12.4. The van der Waals surface area contributed by atoms with Crippen LogP contribution in [0.1, 0.15) is 23.7 Å². The average Bonchev–Trinajstić information content (AvgIpc) is 2.44. The van der Waals surface area contributed by atoms with Gasteiger partial charge in [-0.15, -0.1) is 12.4 Å². The molecule has 6 heteroatoms. The van der Waals surface area contributed by atoms with Crippen molar-refractivity contribution in [1.82, 2.24) is 14.8 Å². The molecule has 0 N–H and O–H groups in total. The Morgan fingerprint density at radius 3 is 2.85 bits per heavy atom. The number of fused-ring (bicyclic) bond motifs is 1. The summed E-state index contributed by atoms with van der Waals surface area (Å²) in [5, 5.41) is 0. The summed E-state index contributed by atoms with van der Waals surface area (Å²) in [5.41, 5.74) is 0.132. The van der Waals surface area contributed by atoms with E-state index in [1.165, 1.54) is 0 Å². The van der Waals surface area contributed by atoms with E-state index in [1.54, 1.807) is 23.2 Å². The fraction of sp³-hybridized carbons (Fsp3) is 0.571. The molecule has 1 amide bonds. The number of carbonyl (C=O) groups excluding carboxylic acids is 1. The normalized spacial score (nSPS) is 21.9. The molecule has 0 saturated carbocycles. The number of aromatic nitrogens is 1. The second-order valence-corrected chi connectivity index (χ2v) is 5.62. The van der Waals surface area contributed by atoms with Crippen molar-refractivity contribution in [3.63, 3.8) is 0 Å². The number of nitrogens with zero attached hydrogens (tertiary/aromatic N) is 3. The molecule has 112 valence electrons. The number of ether oxygens (including phenoxy) is 1. The van der Waals surface area contributed by atoms with Crippen LogP contribution in [0.15, 0.2) is 18.3 Å². The van der Waals surface area contributed by atoms with Crippen LogP contribution in [0.3, 0.4) is 0 Å². The van der Waals surface area contributed by atoms with Crippen LogP contribution in [0.5, 0.6) is 5.88 Å². The molecule has 0 aliphatic carbocycles. The second-order valence-electron chi connectivity index (χ2n) is 5.62. The van der Waals surface area contributed by atoms with Gasteiger partial charge in [-0.2, -0.15) is 0 Å². The van der Waals surface area contributed by atoms with Gasteiger partial charge in [0.25, 0.3) is 5.91 Å². The van der Waals surface area contributed by atoms with Crippen LogP contribution in [0.25, 0.3) is 0 Å². The first-order valence-corrected chi connectivity index (χ1v) is 6.45. The molecule has 0 fully saturated rings. The molecule has 1 aliphatic rings. The lowest BCUT2D eigenvalue weighted by Crippen LogP contribution is -2.45. The van der Waals surface area contributed by atoms with Crippen molar-refractivity contribution in [2.24, 2.45) is 0 Å². The topological polar surface area (TPSA) is 45.7 Å². The zero-order chi connectivity index (χ0) is 14.0. The molecule has 0 radical (unpaired) electrons. The predicted molar refractivity (Wildman–Crippen MR) is 80.6 cm³/mol. The van der Waals surface area contributed by atoms with Crippen LogP contribution in [-0.2, 0) is 0 Å². The van der Waals surface area contributed by atoms with E-state index in [9.17, 15) is 4.79 Å². The summed E-state index contributed by atoms with van der Waals surface area (Å²) in [6.45, 7) is 3.50. The van der Waals surface area contributed by atoms with Crippen molar-refractivity contribution in [1.29, 1.82) is 0 Å². The Balaban J connectivity index is 0.00000200. The van der Waals surface area contributed by atoms with Gasteiger partial charge < -0.3 is 14.5 Å². The van der Waals surface area contributed by atoms with E-state index in [1.807, 2.05) is 28.1 Å². The van der Waals surface area contributed by atoms with Gasteiger partial charge in [-0.3, -0.25) is 4.79 Å². The zero-order valence-corrected chi connectivity index (χ0v) is 13.2. The predicted octanol–water partition coefficient (Wildman–Crippen LogP) is 1.68. The molecule has 5 nitrogen and oxygen atoms in total. The van der Waals surface area contributed by atoms with Gasteiger partial charge in [0.15, 0.2) is 0 Å². The summed E-state index contributed by atoms with van der Waals surface area (Å²) in [6, 6.07) is 3.52. The fourth-order valence-corrected chi connectivity index (χ4v) is 2.27. The third-order valence-corrected chi connectivity index (χ3v) is 3.35. The number of carbonyl (C=O) groups is 1. The molecule has 2 rings (SSSR count). The maximum absolute atomic E-state index is 12.3. The molecule has 2 heterocycles. The van der Waals surface area contributed by atoms with Crippen molar-refractivity contribution in [2.75, 3.05) is 34.2 Å². The highest BCUT2D eigenvalue weighted by Gasteiger charge is 2.35. The fourth-order valence-electron chi connectivity index (χ4n) is 2.27. The maximum Gasteiger partial charge on any atom is 0.259 e. The van der Waals surface area contributed by atoms with Crippen LogP contribution in [0.4, 0.5) is 0 Å². The van der Waals surface area contributed by atoms with Gasteiger partial charge in [0, 0.05) is 26.2 Å².